The summed E-state index contributed by atoms with van der Waals surface area (Å²) >= 11 is 1.54. The van der Waals surface area contributed by atoms with Gasteiger partial charge in [0, 0.05) is 17.5 Å². The van der Waals surface area contributed by atoms with Gasteiger partial charge in [0.25, 0.3) is 11.6 Å². The Morgan fingerprint density at radius 3 is 2.77 bits per heavy atom. The lowest BCUT2D eigenvalue weighted by Gasteiger charge is -2.20. The lowest BCUT2D eigenvalue weighted by molar-refractivity contribution is -0.384. The SMILES string of the molecule is CCN(CC(=O)NCc1cccs1)C(=O)COc1cccc([N+](=O)[O-])c1. The van der Waals surface area contributed by atoms with E-state index in [2.05, 4.69) is 5.32 Å². The zero-order chi connectivity index (χ0) is 18.9. The second-order valence-corrected chi connectivity index (χ2v) is 6.34. The van der Waals surface area contributed by atoms with Crippen LogP contribution < -0.4 is 10.1 Å². The van der Waals surface area contributed by atoms with Crippen molar-refractivity contribution in [2.45, 2.75) is 13.5 Å². The molecule has 1 aromatic heterocycles. The van der Waals surface area contributed by atoms with Crippen molar-refractivity contribution in [2.75, 3.05) is 19.7 Å². The van der Waals surface area contributed by atoms with E-state index in [9.17, 15) is 19.7 Å². The maximum atomic E-state index is 12.2. The van der Waals surface area contributed by atoms with Crippen molar-refractivity contribution in [1.29, 1.82) is 0 Å². The number of ether oxygens (including phenoxy) is 1. The number of hydrogen-bond donors (Lipinski definition) is 1. The second-order valence-electron chi connectivity index (χ2n) is 5.31. The quantitative estimate of drug-likeness (QED) is 0.533. The highest BCUT2D eigenvalue weighted by Gasteiger charge is 2.16. The molecule has 0 radical (unpaired) electrons. The third kappa shape index (κ3) is 5.85. The van der Waals surface area contributed by atoms with Crippen molar-refractivity contribution < 1.29 is 19.2 Å². The number of benzene rings is 1. The number of nitrogens with one attached hydrogen (secondary N) is 1. The number of nitro benzene ring substituents is 1. The van der Waals surface area contributed by atoms with Crippen molar-refractivity contribution in [3.05, 3.63) is 56.8 Å². The Hall–Kier alpha value is -2.94. The van der Waals surface area contributed by atoms with E-state index >= 15 is 0 Å². The lowest BCUT2D eigenvalue weighted by Crippen LogP contribution is -2.42. The van der Waals surface area contributed by atoms with Crippen LogP contribution in [0.25, 0.3) is 0 Å². The average Bonchev–Trinajstić information content (AvgIpc) is 3.16. The van der Waals surface area contributed by atoms with E-state index in [4.69, 9.17) is 4.74 Å². The van der Waals surface area contributed by atoms with Crippen molar-refractivity contribution in [2.24, 2.45) is 0 Å². The van der Waals surface area contributed by atoms with Gasteiger partial charge in [0.1, 0.15) is 5.75 Å². The fraction of sp³-hybridized carbons (Fsp3) is 0.294. The van der Waals surface area contributed by atoms with E-state index in [1.165, 1.54) is 29.2 Å². The molecular weight excluding hydrogens is 358 g/mol. The number of nitrogens with zero attached hydrogens (tertiary/aromatic N) is 2. The fourth-order valence-corrected chi connectivity index (χ4v) is 2.77. The van der Waals surface area contributed by atoms with E-state index in [0.29, 0.717) is 13.1 Å². The van der Waals surface area contributed by atoms with Crippen LogP contribution in [0.1, 0.15) is 11.8 Å². The third-order valence-electron chi connectivity index (χ3n) is 3.50. The van der Waals surface area contributed by atoms with Gasteiger partial charge in [-0.25, -0.2) is 0 Å². The first-order chi connectivity index (χ1) is 12.5. The Balaban J connectivity index is 1.82. The topological polar surface area (TPSA) is 102 Å². The standard InChI is InChI=1S/C17H19N3O5S/c1-2-19(11-16(21)18-10-15-7-4-8-26-15)17(22)12-25-14-6-3-5-13(9-14)20(23)24/h3-9H,2,10-12H2,1H3,(H,18,21). The summed E-state index contributed by atoms with van der Waals surface area (Å²) in [6.45, 7) is 2.17. The van der Waals surface area contributed by atoms with Gasteiger partial charge < -0.3 is 15.0 Å². The highest BCUT2D eigenvalue weighted by atomic mass is 32.1. The normalized spacial score (nSPS) is 10.2. The molecule has 1 aromatic carbocycles. The second kappa shape index (κ2) is 9.52. The molecule has 8 nitrogen and oxygen atoms in total. The number of carbonyl (C=O) groups is 2. The number of likely N-dealkylation sites (N-methyl/N-ethyl adjacent to an activating group) is 1. The monoisotopic (exact) mass is 377 g/mol. The molecule has 1 heterocycles. The third-order valence-corrected chi connectivity index (χ3v) is 4.38. The summed E-state index contributed by atoms with van der Waals surface area (Å²) in [6, 6.07) is 9.42. The number of rotatable bonds is 9. The molecule has 0 bridgehead atoms. The highest BCUT2D eigenvalue weighted by Crippen LogP contribution is 2.19. The Labute approximate surface area is 154 Å². The summed E-state index contributed by atoms with van der Waals surface area (Å²) in [5.41, 5.74) is -0.116. The minimum absolute atomic E-state index is 0.0704. The molecule has 2 amide bonds. The van der Waals surface area contributed by atoms with E-state index < -0.39 is 4.92 Å². The van der Waals surface area contributed by atoms with Crippen LogP contribution in [0.5, 0.6) is 5.75 Å². The van der Waals surface area contributed by atoms with Gasteiger partial charge in [0.05, 0.1) is 24.1 Å². The van der Waals surface area contributed by atoms with Gasteiger partial charge in [-0.2, -0.15) is 0 Å². The van der Waals surface area contributed by atoms with Crippen LogP contribution in [-0.2, 0) is 16.1 Å². The van der Waals surface area contributed by atoms with Crippen LogP contribution in [0.3, 0.4) is 0 Å². The van der Waals surface area contributed by atoms with Crippen molar-refractivity contribution in [3.8, 4) is 5.75 Å². The molecule has 0 saturated heterocycles. The molecule has 0 fully saturated rings. The first-order valence-corrected chi connectivity index (χ1v) is 8.81. The van der Waals surface area contributed by atoms with Crippen molar-refractivity contribution in [3.63, 3.8) is 0 Å². The summed E-state index contributed by atoms with van der Waals surface area (Å²) in [5, 5.41) is 15.4. The lowest BCUT2D eigenvalue weighted by atomic mass is 10.3. The molecule has 0 aliphatic carbocycles. The van der Waals surface area contributed by atoms with Crippen LogP contribution in [0, 0.1) is 10.1 Å². The first-order valence-electron chi connectivity index (χ1n) is 7.93. The number of thiophene rings is 1. The number of non-ortho nitro benzene ring substituents is 1. The van der Waals surface area contributed by atoms with E-state index in [0.717, 1.165) is 4.88 Å². The predicted molar refractivity (Wildman–Crippen MR) is 97.0 cm³/mol. The summed E-state index contributed by atoms with van der Waals surface area (Å²) in [5.74, 6) is -0.403. The summed E-state index contributed by atoms with van der Waals surface area (Å²) in [6.07, 6.45) is 0. The molecule has 26 heavy (non-hydrogen) atoms. The molecule has 138 valence electrons. The summed E-state index contributed by atoms with van der Waals surface area (Å²) in [7, 11) is 0. The van der Waals surface area contributed by atoms with E-state index in [1.807, 2.05) is 17.5 Å². The van der Waals surface area contributed by atoms with Crippen LogP contribution in [0.2, 0.25) is 0 Å². The minimum Gasteiger partial charge on any atom is -0.484 e. The van der Waals surface area contributed by atoms with Gasteiger partial charge >= 0.3 is 0 Å². The maximum Gasteiger partial charge on any atom is 0.273 e. The molecule has 1 N–H and O–H groups in total. The molecule has 0 saturated carbocycles. The van der Waals surface area contributed by atoms with Gasteiger partial charge in [0.15, 0.2) is 6.61 Å². The molecule has 0 atom stereocenters. The number of amides is 2. The van der Waals surface area contributed by atoms with Crippen LogP contribution in [0.15, 0.2) is 41.8 Å². The van der Waals surface area contributed by atoms with Crippen molar-refractivity contribution >= 4 is 28.8 Å². The van der Waals surface area contributed by atoms with Gasteiger partial charge in [-0.1, -0.05) is 12.1 Å². The summed E-state index contributed by atoms with van der Waals surface area (Å²) in [4.78, 5) is 36.8. The smallest absolute Gasteiger partial charge is 0.273 e. The zero-order valence-electron chi connectivity index (χ0n) is 14.2. The molecule has 2 aromatic rings. The van der Waals surface area contributed by atoms with Crippen molar-refractivity contribution in [1.82, 2.24) is 10.2 Å². The molecule has 0 aliphatic rings. The Bertz CT molecular complexity index is 764. The van der Waals surface area contributed by atoms with Gasteiger partial charge in [-0.3, -0.25) is 19.7 Å². The first kappa shape index (κ1) is 19.4. The molecule has 0 aliphatic heterocycles. The van der Waals surface area contributed by atoms with Crippen LogP contribution in [-0.4, -0.2) is 41.3 Å². The van der Waals surface area contributed by atoms with Gasteiger partial charge in [0.2, 0.25) is 5.91 Å². The zero-order valence-corrected chi connectivity index (χ0v) is 15.0. The Morgan fingerprint density at radius 2 is 2.12 bits per heavy atom. The highest BCUT2D eigenvalue weighted by molar-refractivity contribution is 7.09. The molecular formula is C17H19N3O5S. The van der Waals surface area contributed by atoms with E-state index in [1.54, 1.807) is 18.3 Å². The molecule has 0 unspecified atom stereocenters. The summed E-state index contributed by atoms with van der Waals surface area (Å²) < 4.78 is 5.32. The Morgan fingerprint density at radius 1 is 1.31 bits per heavy atom. The van der Waals surface area contributed by atoms with Crippen LogP contribution >= 0.6 is 11.3 Å². The van der Waals surface area contributed by atoms with E-state index in [-0.39, 0.29) is 36.4 Å². The van der Waals surface area contributed by atoms with Gasteiger partial charge in [-0.05, 0) is 24.4 Å². The molecule has 0 spiro atoms. The number of hydrogen-bond acceptors (Lipinski definition) is 6. The molecule has 9 heteroatoms. The minimum atomic E-state index is -0.537. The fourth-order valence-electron chi connectivity index (χ4n) is 2.13. The number of carbonyl (C=O) groups excluding carboxylic acids is 2. The van der Waals surface area contributed by atoms with Crippen LogP contribution in [0.4, 0.5) is 5.69 Å². The van der Waals surface area contributed by atoms with Gasteiger partial charge in [-0.15, -0.1) is 11.3 Å². The largest absolute Gasteiger partial charge is 0.484 e. The number of nitro groups is 1. The Kier molecular flexibility index (Phi) is 7.10. The maximum absolute atomic E-state index is 12.2. The average molecular weight is 377 g/mol. The predicted octanol–water partition coefficient (Wildman–Crippen LogP) is 2.20. The molecule has 2 rings (SSSR count).